The lowest BCUT2D eigenvalue weighted by Gasteiger charge is -2.52. The average molecular weight is 227 g/mol. The van der Waals surface area contributed by atoms with Crippen LogP contribution < -0.4 is 5.32 Å². The molecule has 1 aliphatic heterocycles. The van der Waals surface area contributed by atoms with Crippen LogP contribution in [0.1, 0.15) is 33.1 Å². The Bertz CT molecular complexity index is 224. The molecule has 0 aromatic rings. The number of ether oxygens (including phenoxy) is 2. The third-order valence-corrected chi connectivity index (χ3v) is 4.46. The predicted octanol–water partition coefficient (Wildman–Crippen LogP) is 1.82. The van der Waals surface area contributed by atoms with Crippen LogP contribution >= 0.6 is 0 Å². The number of hydrogen-bond donors (Lipinski definition) is 1. The molecule has 0 bridgehead atoms. The Balaban J connectivity index is 1.71. The maximum atomic E-state index is 5.46. The standard InChI is InChI=1S/C13H25NO2/c1-13(2)11(8-12(13)15-3)14-9-10-4-6-16-7-5-10/h10-12,14H,4-9H2,1-3H3. The van der Waals surface area contributed by atoms with Crippen molar-refractivity contribution in [2.24, 2.45) is 11.3 Å². The van der Waals surface area contributed by atoms with E-state index < -0.39 is 0 Å². The molecular formula is C13H25NO2. The fourth-order valence-corrected chi connectivity index (χ4v) is 2.89. The van der Waals surface area contributed by atoms with Crippen molar-refractivity contribution in [3.63, 3.8) is 0 Å². The topological polar surface area (TPSA) is 30.5 Å². The molecule has 0 aromatic heterocycles. The minimum atomic E-state index is 0.292. The van der Waals surface area contributed by atoms with Crippen molar-refractivity contribution < 1.29 is 9.47 Å². The molecule has 0 radical (unpaired) electrons. The second-order valence-electron chi connectivity index (χ2n) is 5.80. The first kappa shape index (κ1) is 12.3. The average Bonchev–Trinajstić information content (AvgIpc) is 2.29. The minimum absolute atomic E-state index is 0.292. The monoisotopic (exact) mass is 227 g/mol. The van der Waals surface area contributed by atoms with Crippen molar-refractivity contribution in [3.05, 3.63) is 0 Å². The largest absolute Gasteiger partial charge is 0.381 e. The summed E-state index contributed by atoms with van der Waals surface area (Å²) in [6.07, 6.45) is 4.02. The van der Waals surface area contributed by atoms with E-state index in [-0.39, 0.29) is 0 Å². The molecule has 2 atom stereocenters. The van der Waals surface area contributed by atoms with E-state index in [1.807, 2.05) is 7.11 Å². The summed E-state index contributed by atoms with van der Waals surface area (Å²) in [5, 5.41) is 3.71. The summed E-state index contributed by atoms with van der Waals surface area (Å²) in [7, 11) is 1.82. The first-order valence-corrected chi connectivity index (χ1v) is 6.48. The van der Waals surface area contributed by atoms with E-state index in [1.54, 1.807) is 0 Å². The third kappa shape index (κ3) is 2.41. The normalized spacial score (nSPS) is 34.7. The molecule has 2 fully saturated rings. The summed E-state index contributed by atoms with van der Waals surface area (Å²) in [5.41, 5.74) is 0.292. The molecule has 3 heteroatoms. The number of hydrogen-bond acceptors (Lipinski definition) is 3. The van der Waals surface area contributed by atoms with Gasteiger partial charge in [0.1, 0.15) is 0 Å². The van der Waals surface area contributed by atoms with Gasteiger partial charge in [-0.25, -0.2) is 0 Å². The van der Waals surface area contributed by atoms with Gasteiger partial charge >= 0.3 is 0 Å². The highest BCUT2D eigenvalue weighted by Gasteiger charge is 2.48. The van der Waals surface area contributed by atoms with Crippen LogP contribution in [0.3, 0.4) is 0 Å². The molecule has 94 valence electrons. The Morgan fingerprint density at radius 1 is 1.31 bits per heavy atom. The summed E-state index contributed by atoms with van der Waals surface area (Å²) in [5.74, 6) is 0.811. The number of rotatable bonds is 4. The van der Waals surface area contributed by atoms with Gasteiger partial charge in [-0.1, -0.05) is 13.8 Å². The zero-order chi connectivity index (χ0) is 11.6. The van der Waals surface area contributed by atoms with Crippen molar-refractivity contribution in [1.82, 2.24) is 5.32 Å². The van der Waals surface area contributed by atoms with Gasteiger partial charge in [-0.15, -0.1) is 0 Å². The van der Waals surface area contributed by atoms with Crippen LogP contribution in [0.15, 0.2) is 0 Å². The molecule has 0 amide bonds. The molecule has 1 saturated heterocycles. The van der Waals surface area contributed by atoms with Gasteiger partial charge in [-0.05, 0) is 31.7 Å². The smallest absolute Gasteiger partial charge is 0.0652 e. The van der Waals surface area contributed by atoms with Crippen LogP contribution in [0.4, 0.5) is 0 Å². The van der Waals surface area contributed by atoms with Crippen molar-refractivity contribution in [2.75, 3.05) is 26.9 Å². The summed E-state index contributed by atoms with van der Waals surface area (Å²) >= 11 is 0. The molecular weight excluding hydrogens is 202 g/mol. The van der Waals surface area contributed by atoms with Crippen molar-refractivity contribution >= 4 is 0 Å². The Labute approximate surface area is 98.9 Å². The SMILES string of the molecule is COC1CC(NCC2CCOCC2)C1(C)C. The third-order valence-electron chi connectivity index (χ3n) is 4.46. The Kier molecular flexibility index (Phi) is 3.88. The van der Waals surface area contributed by atoms with Gasteiger partial charge in [0.05, 0.1) is 6.10 Å². The van der Waals surface area contributed by atoms with Crippen LogP contribution in [-0.4, -0.2) is 39.0 Å². The molecule has 1 N–H and O–H groups in total. The van der Waals surface area contributed by atoms with Crippen molar-refractivity contribution in [3.8, 4) is 0 Å². The fraction of sp³-hybridized carbons (Fsp3) is 1.00. The second kappa shape index (κ2) is 5.03. The van der Waals surface area contributed by atoms with Crippen molar-refractivity contribution in [2.45, 2.75) is 45.3 Å². The number of methoxy groups -OCH3 is 1. The van der Waals surface area contributed by atoms with Crippen LogP contribution in [0.2, 0.25) is 0 Å². The molecule has 16 heavy (non-hydrogen) atoms. The van der Waals surface area contributed by atoms with E-state index in [4.69, 9.17) is 9.47 Å². The van der Waals surface area contributed by atoms with E-state index in [1.165, 1.54) is 12.8 Å². The van der Waals surface area contributed by atoms with E-state index in [0.717, 1.165) is 32.1 Å². The molecule has 2 aliphatic rings. The maximum absolute atomic E-state index is 5.46. The minimum Gasteiger partial charge on any atom is -0.381 e. The van der Waals surface area contributed by atoms with E-state index >= 15 is 0 Å². The Morgan fingerprint density at radius 2 is 2.00 bits per heavy atom. The fourth-order valence-electron chi connectivity index (χ4n) is 2.89. The molecule has 1 heterocycles. The molecule has 1 saturated carbocycles. The summed E-state index contributed by atoms with van der Waals surface area (Å²) in [4.78, 5) is 0. The van der Waals surface area contributed by atoms with Gasteiger partial charge < -0.3 is 14.8 Å². The summed E-state index contributed by atoms with van der Waals surface area (Å²) in [6.45, 7) is 7.63. The predicted molar refractivity (Wildman–Crippen MR) is 64.5 cm³/mol. The first-order chi connectivity index (χ1) is 7.64. The lowest BCUT2D eigenvalue weighted by molar-refractivity contribution is -0.0988. The van der Waals surface area contributed by atoms with Gasteiger partial charge in [0.25, 0.3) is 0 Å². The summed E-state index contributed by atoms with van der Waals surface area (Å²) < 4.78 is 10.8. The van der Waals surface area contributed by atoms with Crippen LogP contribution in [0, 0.1) is 11.3 Å². The van der Waals surface area contributed by atoms with Gasteiger partial charge in [0, 0.05) is 31.8 Å². The molecule has 3 nitrogen and oxygen atoms in total. The highest BCUT2D eigenvalue weighted by molar-refractivity contribution is 5.02. The molecule has 0 aromatic carbocycles. The van der Waals surface area contributed by atoms with Gasteiger partial charge in [-0.3, -0.25) is 0 Å². The highest BCUT2D eigenvalue weighted by Crippen LogP contribution is 2.42. The highest BCUT2D eigenvalue weighted by atomic mass is 16.5. The van der Waals surface area contributed by atoms with E-state index in [2.05, 4.69) is 19.2 Å². The lowest BCUT2D eigenvalue weighted by atomic mass is 9.64. The van der Waals surface area contributed by atoms with Crippen molar-refractivity contribution in [1.29, 1.82) is 0 Å². The molecule has 2 rings (SSSR count). The molecule has 2 unspecified atom stereocenters. The van der Waals surface area contributed by atoms with E-state index in [9.17, 15) is 0 Å². The zero-order valence-corrected chi connectivity index (χ0v) is 10.8. The van der Waals surface area contributed by atoms with Crippen LogP contribution in [0.5, 0.6) is 0 Å². The molecule has 0 spiro atoms. The number of nitrogens with one attached hydrogen (secondary N) is 1. The first-order valence-electron chi connectivity index (χ1n) is 6.48. The second-order valence-corrected chi connectivity index (χ2v) is 5.80. The Hall–Kier alpha value is -0.120. The molecule has 1 aliphatic carbocycles. The van der Waals surface area contributed by atoms with Crippen LogP contribution in [-0.2, 0) is 9.47 Å². The lowest BCUT2D eigenvalue weighted by Crippen LogP contribution is -2.61. The van der Waals surface area contributed by atoms with Gasteiger partial charge in [-0.2, -0.15) is 0 Å². The maximum Gasteiger partial charge on any atom is 0.0652 e. The van der Waals surface area contributed by atoms with Gasteiger partial charge in [0.15, 0.2) is 0 Å². The summed E-state index contributed by atoms with van der Waals surface area (Å²) in [6, 6.07) is 0.625. The van der Waals surface area contributed by atoms with E-state index in [0.29, 0.717) is 17.6 Å². The quantitative estimate of drug-likeness (QED) is 0.794. The van der Waals surface area contributed by atoms with Gasteiger partial charge in [0.2, 0.25) is 0 Å². The zero-order valence-electron chi connectivity index (χ0n) is 10.8. The Morgan fingerprint density at radius 3 is 2.56 bits per heavy atom. The van der Waals surface area contributed by atoms with Crippen LogP contribution in [0.25, 0.3) is 0 Å².